The second-order valence-electron chi connectivity index (χ2n) is 15.0. The van der Waals surface area contributed by atoms with Crippen molar-refractivity contribution in [3.63, 3.8) is 0 Å². The molecule has 0 saturated carbocycles. The van der Waals surface area contributed by atoms with Crippen LogP contribution < -0.4 is 33.6 Å². The Labute approximate surface area is 336 Å². The summed E-state index contributed by atoms with van der Waals surface area (Å²) in [7, 11) is 11.5. The quantitative estimate of drug-likeness (QED) is 0.104. The number of rotatable bonds is 9. The fourth-order valence-corrected chi connectivity index (χ4v) is 7.40. The van der Waals surface area contributed by atoms with Crippen LogP contribution in [0.1, 0.15) is 61.1 Å². The Morgan fingerprint density at radius 1 is 0.552 bits per heavy atom. The molecule has 11 nitrogen and oxygen atoms in total. The first-order valence-corrected chi connectivity index (χ1v) is 19.0. The van der Waals surface area contributed by atoms with Gasteiger partial charge in [0.25, 0.3) is 5.79 Å². The van der Waals surface area contributed by atoms with Crippen molar-refractivity contribution in [3.05, 3.63) is 149 Å². The lowest BCUT2D eigenvalue weighted by Crippen LogP contribution is -2.46. The molecule has 0 aromatic heterocycles. The van der Waals surface area contributed by atoms with E-state index in [1.165, 1.54) is 0 Å². The van der Waals surface area contributed by atoms with E-state index in [0.717, 1.165) is 27.8 Å². The Morgan fingerprint density at radius 2 is 0.983 bits per heavy atom. The molecule has 0 N–H and O–H groups in total. The van der Waals surface area contributed by atoms with Crippen molar-refractivity contribution in [1.29, 1.82) is 0 Å². The van der Waals surface area contributed by atoms with Crippen LogP contribution in [0, 0.1) is 0 Å². The number of hydrogen-bond acceptors (Lipinski definition) is 11. The number of esters is 3. The Bertz CT molecular complexity index is 2490. The zero-order valence-electron chi connectivity index (χ0n) is 33.1. The zero-order valence-corrected chi connectivity index (χ0v) is 33.1. The molecule has 294 valence electrons. The Balaban J connectivity index is 1.27. The lowest BCUT2D eigenvalue weighted by atomic mass is 9.82. The molecular formula is C47H43N3O8. The predicted octanol–water partition coefficient (Wildman–Crippen LogP) is 8.79. The van der Waals surface area contributed by atoms with Crippen molar-refractivity contribution in [2.24, 2.45) is 0 Å². The van der Waals surface area contributed by atoms with Crippen LogP contribution in [-0.2, 0) is 10.5 Å². The summed E-state index contributed by atoms with van der Waals surface area (Å²) in [6.45, 7) is 0. The minimum absolute atomic E-state index is 0.0921. The van der Waals surface area contributed by atoms with Crippen molar-refractivity contribution in [2.45, 2.75) is 24.7 Å². The molecule has 1 aliphatic carbocycles. The van der Waals surface area contributed by atoms with Gasteiger partial charge >= 0.3 is 17.9 Å². The highest BCUT2D eigenvalue weighted by molar-refractivity contribution is 5.96. The molecule has 1 atom stereocenters. The lowest BCUT2D eigenvalue weighted by Gasteiger charge is -2.44. The summed E-state index contributed by atoms with van der Waals surface area (Å²) in [4.78, 5) is 47.6. The normalized spacial score (nSPS) is 14.7. The zero-order chi connectivity index (χ0) is 40.7. The van der Waals surface area contributed by atoms with Crippen molar-refractivity contribution in [2.75, 3.05) is 57.0 Å². The number of hydrogen-bond donors (Lipinski definition) is 0. The second-order valence-corrected chi connectivity index (χ2v) is 15.0. The van der Waals surface area contributed by atoms with E-state index in [2.05, 4.69) is 0 Å². The van der Waals surface area contributed by atoms with Gasteiger partial charge in [-0.05, 0) is 109 Å². The van der Waals surface area contributed by atoms with E-state index < -0.39 is 29.8 Å². The van der Waals surface area contributed by atoms with Crippen LogP contribution in [0.3, 0.4) is 0 Å². The average Bonchev–Trinajstić information content (AvgIpc) is 3.22. The molecular weight excluding hydrogens is 735 g/mol. The molecule has 0 radical (unpaired) electrons. The molecule has 1 aliphatic heterocycles. The fourth-order valence-electron chi connectivity index (χ4n) is 7.40. The van der Waals surface area contributed by atoms with Gasteiger partial charge < -0.3 is 38.4 Å². The van der Waals surface area contributed by atoms with Gasteiger partial charge in [-0.15, -0.1) is 0 Å². The van der Waals surface area contributed by atoms with Gasteiger partial charge in [-0.2, -0.15) is 0 Å². The maximum atomic E-state index is 14.0. The number of nitrogens with zero attached hydrogens (tertiary/aromatic N) is 3. The highest BCUT2D eigenvalue weighted by Crippen LogP contribution is 2.56. The van der Waals surface area contributed by atoms with Crippen LogP contribution in [0.5, 0.6) is 23.0 Å². The van der Waals surface area contributed by atoms with E-state index in [9.17, 15) is 14.4 Å². The van der Waals surface area contributed by atoms with E-state index >= 15 is 0 Å². The van der Waals surface area contributed by atoms with Crippen LogP contribution in [0.4, 0.5) is 17.1 Å². The van der Waals surface area contributed by atoms with E-state index in [-0.39, 0.29) is 35.5 Å². The number of benzene rings is 6. The molecule has 0 fully saturated rings. The van der Waals surface area contributed by atoms with Crippen LogP contribution in [0.2, 0.25) is 0 Å². The van der Waals surface area contributed by atoms with Crippen LogP contribution >= 0.6 is 0 Å². The first-order valence-electron chi connectivity index (χ1n) is 19.0. The van der Waals surface area contributed by atoms with Gasteiger partial charge in [0.15, 0.2) is 0 Å². The minimum Gasteiger partial charge on any atom is -0.454 e. The summed E-state index contributed by atoms with van der Waals surface area (Å²) in [6, 6.07) is 35.7. The highest BCUT2D eigenvalue weighted by atomic mass is 16.7. The van der Waals surface area contributed by atoms with Gasteiger partial charge in [-0.3, -0.25) is 0 Å². The largest absolute Gasteiger partial charge is 0.454 e. The van der Waals surface area contributed by atoms with Gasteiger partial charge in [0.05, 0.1) is 33.2 Å². The highest BCUT2D eigenvalue weighted by Gasteiger charge is 2.52. The third-order valence-electron chi connectivity index (χ3n) is 10.5. The number of carbonyl (C=O) groups excluding carboxylic acids is 3. The number of anilines is 3. The van der Waals surface area contributed by atoms with Crippen LogP contribution in [0.15, 0.2) is 121 Å². The van der Waals surface area contributed by atoms with Crippen molar-refractivity contribution < 1.29 is 38.1 Å². The molecule has 6 aromatic rings. The Morgan fingerprint density at radius 3 is 1.45 bits per heavy atom. The molecule has 58 heavy (non-hydrogen) atoms. The van der Waals surface area contributed by atoms with Crippen LogP contribution in [-0.4, -0.2) is 60.2 Å². The minimum atomic E-state index is -1.59. The topological polar surface area (TPSA) is 107 Å². The third-order valence-corrected chi connectivity index (χ3v) is 10.5. The summed E-state index contributed by atoms with van der Waals surface area (Å²) in [6.07, 6.45) is -0.593. The molecule has 6 aromatic carbocycles. The molecule has 0 unspecified atom stereocenters. The van der Waals surface area contributed by atoms with Crippen molar-refractivity contribution in [1.82, 2.24) is 0 Å². The van der Waals surface area contributed by atoms with E-state index in [4.69, 9.17) is 23.7 Å². The number of carbonyl (C=O) groups is 3. The van der Waals surface area contributed by atoms with Crippen molar-refractivity contribution >= 4 is 45.7 Å². The molecule has 11 heteroatoms. The van der Waals surface area contributed by atoms with Gasteiger partial charge in [-0.25, -0.2) is 14.4 Å². The number of fused-ring (bicyclic) bond motifs is 2. The summed E-state index contributed by atoms with van der Waals surface area (Å²) in [5.74, 6) is -2.14. The third kappa shape index (κ3) is 7.11. The molecule has 0 saturated heterocycles. The standard InChI is InChI=1S/C47H43N3O8/c1-48(2)33-19-13-30(14-20-33)44(51)54-36-25-26-40(56-46(53)32-17-23-35(24-18-32)50(5)6)43-42(36)37(55-45(52)31-15-21-34(22-16-31)49(3)4)27-28-47(43)57-38-11-7-9-29-10-8-12-39(58-47)41(29)38/h7-26,37H,27-28H2,1-6H3/t37-/m0/s1. The monoisotopic (exact) mass is 777 g/mol. The first kappa shape index (κ1) is 37.9. The molecule has 0 amide bonds. The Kier molecular flexibility index (Phi) is 9.90. The Hall–Kier alpha value is -7.01. The van der Waals surface area contributed by atoms with E-state index in [0.29, 0.717) is 28.2 Å². The van der Waals surface area contributed by atoms with Gasteiger partial charge in [-0.1, -0.05) is 24.3 Å². The second kappa shape index (κ2) is 15.2. The summed E-state index contributed by atoms with van der Waals surface area (Å²) in [5, 5.41) is 1.71. The van der Waals surface area contributed by atoms with Gasteiger partial charge in [0.1, 0.15) is 29.1 Å². The number of ether oxygens (including phenoxy) is 5. The van der Waals surface area contributed by atoms with Gasteiger partial charge in [0.2, 0.25) is 0 Å². The van der Waals surface area contributed by atoms with E-state index in [1.54, 1.807) is 48.5 Å². The summed E-state index contributed by atoms with van der Waals surface area (Å²) >= 11 is 0. The predicted molar refractivity (Wildman–Crippen MR) is 223 cm³/mol. The smallest absolute Gasteiger partial charge is 0.343 e. The molecule has 0 bridgehead atoms. The molecule has 2 aliphatic rings. The maximum absolute atomic E-state index is 14.0. The summed E-state index contributed by atoms with van der Waals surface area (Å²) < 4.78 is 32.5. The van der Waals surface area contributed by atoms with Gasteiger partial charge in [0, 0.05) is 65.8 Å². The van der Waals surface area contributed by atoms with Crippen molar-refractivity contribution in [3.8, 4) is 23.0 Å². The first-order chi connectivity index (χ1) is 27.9. The average molecular weight is 778 g/mol. The maximum Gasteiger partial charge on any atom is 0.343 e. The lowest BCUT2D eigenvalue weighted by molar-refractivity contribution is -0.148. The van der Waals surface area contributed by atoms with E-state index in [1.807, 2.05) is 130 Å². The summed E-state index contributed by atoms with van der Waals surface area (Å²) in [5.41, 5.74) is 4.23. The molecule has 1 spiro atoms. The SMILES string of the molecule is CN(C)c1ccc(C(=O)Oc2ccc(OC(=O)c3ccc(N(C)C)cc3)c3c2[C@@H](OC(=O)c2ccc(N(C)C)cc2)CCC32Oc3cccc4cccc(c34)O2)cc1. The van der Waals surface area contributed by atoms with Crippen LogP contribution in [0.25, 0.3) is 10.8 Å². The molecule has 1 heterocycles. The molecule has 8 rings (SSSR count). The fraction of sp³-hybridized carbons (Fsp3) is 0.213.